The third kappa shape index (κ3) is 4.48. The van der Waals surface area contributed by atoms with Gasteiger partial charge in [-0.05, 0) is 44.0 Å². The third-order valence-electron chi connectivity index (χ3n) is 3.54. The minimum absolute atomic E-state index is 0.0455. The van der Waals surface area contributed by atoms with Crippen LogP contribution >= 0.6 is 0 Å². The summed E-state index contributed by atoms with van der Waals surface area (Å²) in [4.78, 5) is 23.5. The fraction of sp³-hybridized carbons (Fsp3) is 0.294. The molecule has 0 aliphatic rings. The van der Waals surface area contributed by atoms with Crippen molar-refractivity contribution in [3.8, 4) is 0 Å². The van der Waals surface area contributed by atoms with E-state index in [4.69, 9.17) is 0 Å². The van der Waals surface area contributed by atoms with Gasteiger partial charge in [0.1, 0.15) is 0 Å². The highest BCUT2D eigenvalue weighted by Crippen LogP contribution is 2.08. The van der Waals surface area contributed by atoms with Crippen molar-refractivity contribution in [3.63, 3.8) is 0 Å². The maximum absolute atomic E-state index is 13.1. The van der Waals surface area contributed by atoms with Gasteiger partial charge in [-0.3, -0.25) is 9.59 Å². The number of rotatable bonds is 6. The Balaban J connectivity index is 1.78. The number of amides is 1. The molecule has 0 aliphatic heterocycles. The molecule has 1 N–H and O–H groups in total. The van der Waals surface area contributed by atoms with Crippen LogP contribution in [0.25, 0.3) is 0 Å². The van der Waals surface area contributed by atoms with Gasteiger partial charge in [0.15, 0.2) is 11.6 Å². The van der Waals surface area contributed by atoms with Gasteiger partial charge in [-0.15, -0.1) is 0 Å². The molecule has 122 valence electrons. The summed E-state index contributed by atoms with van der Waals surface area (Å²) in [7, 11) is 0. The van der Waals surface area contributed by atoms with E-state index in [9.17, 15) is 18.4 Å². The number of unbranched alkanes of at least 4 members (excludes halogenated alkanes) is 1. The molecule has 4 nitrogen and oxygen atoms in total. The second-order valence-electron chi connectivity index (χ2n) is 5.25. The Morgan fingerprint density at radius 1 is 1.13 bits per heavy atom. The second-order valence-corrected chi connectivity index (χ2v) is 5.25. The first kappa shape index (κ1) is 16.9. The number of nitrogens with one attached hydrogen (secondary N) is 1. The van der Waals surface area contributed by atoms with Crippen molar-refractivity contribution in [2.45, 2.75) is 26.3 Å². The summed E-state index contributed by atoms with van der Waals surface area (Å²) in [5.74, 6) is -2.47. The number of nitrogens with zero attached hydrogens (tertiary/aromatic N) is 1. The number of pyridine rings is 1. The van der Waals surface area contributed by atoms with E-state index in [0.717, 1.165) is 24.2 Å². The van der Waals surface area contributed by atoms with Crippen molar-refractivity contribution in [3.05, 3.63) is 69.6 Å². The lowest BCUT2D eigenvalue weighted by molar-refractivity contribution is 0.0952. The van der Waals surface area contributed by atoms with Gasteiger partial charge < -0.3 is 9.88 Å². The summed E-state index contributed by atoms with van der Waals surface area (Å²) in [6, 6.07) is 8.13. The van der Waals surface area contributed by atoms with Gasteiger partial charge >= 0.3 is 0 Å². The molecule has 23 heavy (non-hydrogen) atoms. The molecule has 0 bridgehead atoms. The predicted molar refractivity (Wildman–Crippen MR) is 83.4 cm³/mol. The summed E-state index contributed by atoms with van der Waals surface area (Å²) < 4.78 is 27.5. The van der Waals surface area contributed by atoms with E-state index in [1.807, 2.05) is 13.0 Å². The van der Waals surface area contributed by atoms with Crippen molar-refractivity contribution in [1.82, 2.24) is 9.88 Å². The van der Waals surface area contributed by atoms with Crippen LogP contribution in [0, 0.1) is 18.6 Å². The van der Waals surface area contributed by atoms with Crippen molar-refractivity contribution in [2.75, 3.05) is 6.54 Å². The Kier molecular flexibility index (Phi) is 5.62. The van der Waals surface area contributed by atoms with E-state index in [-0.39, 0.29) is 11.1 Å². The molecule has 0 radical (unpaired) electrons. The van der Waals surface area contributed by atoms with Gasteiger partial charge in [0.25, 0.3) is 11.5 Å². The van der Waals surface area contributed by atoms with E-state index in [0.29, 0.717) is 19.5 Å². The Labute approximate surface area is 132 Å². The van der Waals surface area contributed by atoms with Crippen LogP contribution in [0.1, 0.15) is 28.9 Å². The molecule has 2 rings (SSSR count). The van der Waals surface area contributed by atoms with E-state index >= 15 is 0 Å². The normalized spacial score (nSPS) is 10.6. The summed E-state index contributed by atoms with van der Waals surface area (Å²) in [6.45, 7) is 2.84. The molecular weight excluding hydrogens is 302 g/mol. The molecule has 2 aromatic rings. The number of benzene rings is 1. The minimum Gasteiger partial charge on any atom is -0.352 e. The average molecular weight is 320 g/mol. The number of aromatic nitrogens is 1. The van der Waals surface area contributed by atoms with Gasteiger partial charge in [0, 0.05) is 30.4 Å². The number of hydrogen-bond acceptors (Lipinski definition) is 2. The van der Waals surface area contributed by atoms with Crippen molar-refractivity contribution in [2.24, 2.45) is 0 Å². The van der Waals surface area contributed by atoms with Crippen molar-refractivity contribution in [1.29, 1.82) is 0 Å². The number of hydrogen-bond donors (Lipinski definition) is 1. The molecule has 0 unspecified atom stereocenters. The first-order valence-electron chi connectivity index (χ1n) is 7.39. The quantitative estimate of drug-likeness (QED) is 0.832. The van der Waals surface area contributed by atoms with Crippen molar-refractivity contribution < 1.29 is 13.6 Å². The maximum Gasteiger partial charge on any atom is 0.251 e. The molecule has 0 saturated carbocycles. The highest BCUT2D eigenvalue weighted by molar-refractivity contribution is 5.94. The van der Waals surface area contributed by atoms with Crippen LogP contribution < -0.4 is 10.9 Å². The van der Waals surface area contributed by atoms with Gasteiger partial charge in [-0.25, -0.2) is 8.78 Å². The van der Waals surface area contributed by atoms with Crippen LogP contribution in [-0.2, 0) is 6.54 Å². The standard InChI is InChI=1S/C17H18F2N2O2/c1-12-5-4-6-16(22)21(12)10-3-2-9-20-17(23)13-7-8-14(18)15(19)11-13/h4-8,11H,2-3,9-10H2,1H3,(H,20,23). The third-order valence-corrected chi connectivity index (χ3v) is 3.54. The van der Waals surface area contributed by atoms with Crippen LogP contribution in [0.3, 0.4) is 0 Å². The summed E-state index contributed by atoms with van der Waals surface area (Å²) in [6.07, 6.45) is 1.40. The molecule has 0 fully saturated rings. The predicted octanol–water partition coefficient (Wildman–Crippen LogP) is 2.65. The van der Waals surface area contributed by atoms with Crippen LogP contribution in [0.2, 0.25) is 0 Å². The minimum atomic E-state index is -1.04. The largest absolute Gasteiger partial charge is 0.352 e. The Morgan fingerprint density at radius 2 is 1.91 bits per heavy atom. The molecule has 1 aromatic carbocycles. The number of carbonyl (C=O) groups excluding carboxylic acids is 1. The molecule has 1 aromatic heterocycles. The Hall–Kier alpha value is -2.50. The zero-order valence-corrected chi connectivity index (χ0v) is 12.8. The number of halogens is 2. The average Bonchev–Trinajstić information content (AvgIpc) is 2.52. The van der Waals surface area contributed by atoms with Crippen LogP contribution in [0.15, 0.2) is 41.2 Å². The summed E-state index contributed by atoms with van der Waals surface area (Å²) >= 11 is 0. The first-order valence-corrected chi connectivity index (χ1v) is 7.39. The highest BCUT2D eigenvalue weighted by atomic mass is 19.2. The lowest BCUT2D eigenvalue weighted by atomic mass is 10.2. The number of aryl methyl sites for hydroxylation is 1. The zero-order valence-electron chi connectivity index (χ0n) is 12.8. The fourth-order valence-corrected chi connectivity index (χ4v) is 2.25. The lowest BCUT2D eigenvalue weighted by Gasteiger charge is -2.09. The molecule has 0 aliphatic carbocycles. The van der Waals surface area contributed by atoms with Crippen molar-refractivity contribution >= 4 is 5.91 Å². The summed E-state index contributed by atoms with van der Waals surface area (Å²) in [5.41, 5.74) is 0.929. The number of carbonyl (C=O) groups is 1. The molecule has 0 saturated heterocycles. The molecule has 1 heterocycles. The molecule has 0 spiro atoms. The molecule has 1 amide bonds. The van der Waals surface area contributed by atoms with Crippen LogP contribution in [-0.4, -0.2) is 17.0 Å². The Morgan fingerprint density at radius 3 is 2.61 bits per heavy atom. The van der Waals surface area contributed by atoms with Gasteiger partial charge in [-0.1, -0.05) is 6.07 Å². The monoisotopic (exact) mass is 320 g/mol. The van der Waals surface area contributed by atoms with Crippen LogP contribution in [0.5, 0.6) is 0 Å². The second kappa shape index (κ2) is 7.67. The van der Waals surface area contributed by atoms with E-state index in [1.54, 1.807) is 10.6 Å². The van der Waals surface area contributed by atoms with Gasteiger partial charge in [-0.2, -0.15) is 0 Å². The fourth-order valence-electron chi connectivity index (χ4n) is 2.25. The van der Waals surface area contributed by atoms with Gasteiger partial charge in [0.2, 0.25) is 0 Å². The Bertz CT molecular complexity index is 756. The smallest absolute Gasteiger partial charge is 0.251 e. The maximum atomic E-state index is 13.1. The SMILES string of the molecule is Cc1cccc(=O)n1CCCCNC(=O)c1ccc(F)c(F)c1. The highest BCUT2D eigenvalue weighted by Gasteiger charge is 2.09. The van der Waals surface area contributed by atoms with E-state index < -0.39 is 17.5 Å². The molecule has 0 atom stereocenters. The molecular formula is C17H18F2N2O2. The lowest BCUT2D eigenvalue weighted by Crippen LogP contribution is -2.25. The first-order chi connectivity index (χ1) is 11.0. The van der Waals surface area contributed by atoms with Crippen LogP contribution in [0.4, 0.5) is 8.78 Å². The van der Waals surface area contributed by atoms with E-state index in [2.05, 4.69) is 5.32 Å². The topological polar surface area (TPSA) is 51.1 Å². The van der Waals surface area contributed by atoms with Gasteiger partial charge in [0.05, 0.1) is 0 Å². The summed E-state index contributed by atoms with van der Waals surface area (Å²) in [5, 5.41) is 2.65. The zero-order chi connectivity index (χ0) is 16.8. The molecule has 6 heteroatoms. The van der Waals surface area contributed by atoms with E-state index in [1.165, 1.54) is 12.1 Å².